The monoisotopic (exact) mass is 318 g/mol. The van der Waals surface area contributed by atoms with E-state index in [2.05, 4.69) is 5.32 Å². The molecule has 0 aliphatic carbocycles. The lowest BCUT2D eigenvalue weighted by Crippen LogP contribution is -2.41. The summed E-state index contributed by atoms with van der Waals surface area (Å²) in [5.74, 6) is -1.68. The zero-order valence-electron chi connectivity index (χ0n) is 10.6. The van der Waals surface area contributed by atoms with Crippen LogP contribution in [0.3, 0.4) is 0 Å². The number of carbonyl (C=O) groups is 2. The average molecular weight is 318 g/mol. The molecule has 1 rings (SSSR count). The maximum Gasteiger partial charge on any atom is 0.327 e. The molecule has 1 aromatic rings. The number of rotatable bonds is 6. The molecule has 0 aliphatic heterocycles. The first-order chi connectivity index (χ1) is 9.21. The molecular weight excluding hydrogens is 304 g/mol. The smallest absolute Gasteiger partial charge is 0.327 e. The summed E-state index contributed by atoms with van der Waals surface area (Å²) in [7, 11) is -3.88. The van der Waals surface area contributed by atoms with Gasteiger partial charge in [-0.2, -0.15) is 0 Å². The molecule has 110 valence electrons. The van der Waals surface area contributed by atoms with Gasteiger partial charge in [0.2, 0.25) is 15.9 Å². The quantitative estimate of drug-likeness (QED) is 0.634. The Hall–Kier alpha value is -1.58. The molecule has 0 saturated heterocycles. The van der Waals surface area contributed by atoms with Gasteiger partial charge in [-0.3, -0.25) is 4.79 Å². The zero-order valence-corrected chi connectivity index (χ0v) is 12.2. The summed E-state index contributed by atoms with van der Waals surface area (Å²) < 4.78 is 22.8. The molecule has 0 fully saturated rings. The third-order valence-electron chi connectivity index (χ3n) is 2.24. The normalized spacial score (nSPS) is 12.7. The summed E-state index contributed by atoms with van der Waals surface area (Å²) in [6.07, 6.45) is 0. The van der Waals surface area contributed by atoms with E-state index >= 15 is 0 Å². The molecule has 0 bridgehead atoms. The highest BCUT2D eigenvalue weighted by Gasteiger charge is 2.20. The van der Waals surface area contributed by atoms with Gasteiger partial charge in [-0.05, 0) is 12.1 Å². The Morgan fingerprint density at radius 2 is 2.00 bits per heavy atom. The highest BCUT2D eigenvalue weighted by atomic mass is 32.2. The van der Waals surface area contributed by atoms with E-state index in [4.69, 9.17) is 10.2 Å². The van der Waals surface area contributed by atoms with Crippen LogP contribution in [0.25, 0.3) is 0 Å². The molecule has 0 aliphatic rings. The molecule has 1 aromatic carbocycles. The molecule has 9 heteroatoms. The lowest BCUT2D eigenvalue weighted by molar-refractivity contribution is -0.140. The topological polar surface area (TPSA) is 127 Å². The van der Waals surface area contributed by atoms with Crippen molar-refractivity contribution in [3.63, 3.8) is 0 Å². The second-order valence-electron chi connectivity index (χ2n) is 3.89. The summed E-state index contributed by atoms with van der Waals surface area (Å²) in [5.41, 5.74) is 0. The molecule has 1 amide bonds. The van der Waals surface area contributed by atoms with Crippen LogP contribution in [0.15, 0.2) is 34.1 Å². The first-order valence-electron chi connectivity index (χ1n) is 5.46. The van der Waals surface area contributed by atoms with Crippen molar-refractivity contribution < 1.29 is 23.1 Å². The highest BCUT2D eigenvalue weighted by Crippen LogP contribution is 2.26. The highest BCUT2D eigenvalue weighted by molar-refractivity contribution is 8.00. The summed E-state index contributed by atoms with van der Waals surface area (Å²) >= 11 is 0.998. The molecule has 0 spiro atoms. The van der Waals surface area contributed by atoms with Gasteiger partial charge in [0, 0.05) is 17.6 Å². The number of nitrogens with one attached hydrogen (secondary N) is 1. The van der Waals surface area contributed by atoms with Gasteiger partial charge in [-0.25, -0.2) is 18.4 Å². The van der Waals surface area contributed by atoms with Crippen molar-refractivity contribution in [3.05, 3.63) is 24.3 Å². The predicted octanol–water partition coefficient (Wildman–Crippen LogP) is 0.0154. The van der Waals surface area contributed by atoms with Crippen LogP contribution in [-0.2, 0) is 19.6 Å². The van der Waals surface area contributed by atoms with E-state index in [-0.39, 0.29) is 10.6 Å². The number of aliphatic carboxylic acids is 1. The number of primary sulfonamides is 1. The molecule has 1 unspecified atom stereocenters. The van der Waals surface area contributed by atoms with Crippen molar-refractivity contribution in [2.75, 3.05) is 5.75 Å². The van der Waals surface area contributed by atoms with Crippen molar-refractivity contribution in [2.45, 2.75) is 22.8 Å². The maximum atomic E-state index is 11.4. The van der Waals surface area contributed by atoms with E-state index in [1.54, 1.807) is 6.07 Å². The van der Waals surface area contributed by atoms with E-state index in [9.17, 15) is 18.0 Å². The lowest BCUT2D eigenvalue weighted by atomic mass is 10.3. The van der Waals surface area contributed by atoms with E-state index in [0.717, 1.165) is 11.8 Å². The van der Waals surface area contributed by atoms with Gasteiger partial charge in [0.15, 0.2) is 0 Å². The second kappa shape index (κ2) is 6.73. The standard InChI is InChI=1S/C11H14N2O5S2/c1-7(14)13-8(11(15)16)6-19-9-4-2-3-5-10(9)20(12,17)18/h2-5,8H,6H2,1H3,(H,13,14)(H,15,16)(H2,12,17,18). The maximum absolute atomic E-state index is 11.4. The van der Waals surface area contributed by atoms with Crippen molar-refractivity contribution in [1.82, 2.24) is 5.32 Å². The van der Waals surface area contributed by atoms with Crippen LogP contribution in [0.1, 0.15) is 6.92 Å². The summed E-state index contributed by atoms with van der Waals surface area (Å²) in [4.78, 5) is 22.1. The fraction of sp³-hybridized carbons (Fsp3) is 0.273. The van der Waals surface area contributed by atoms with Gasteiger partial charge >= 0.3 is 5.97 Å². The minimum atomic E-state index is -3.88. The number of thioether (sulfide) groups is 1. The second-order valence-corrected chi connectivity index (χ2v) is 6.49. The molecule has 0 radical (unpaired) electrons. The van der Waals surface area contributed by atoms with E-state index < -0.39 is 27.9 Å². The van der Waals surface area contributed by atoms with Crippen molar-refractivity contribution in [2.24, 2.45) is 5.14 Å². The Morgan fingerprint density at radius 1 is 1.40 bits per heavy atom. The van der Waals surface area contributed by atoms with Crippen molar-refractivity contribution in [3.8, 4) is 0 Å². The summed E-state index contributed by atoms with van der Waals surface area (Å²) in [6.45, 7) is 1.21. The van der Waals surface area contributed by atoms with Crippen LogP contribution < -0.4 is 10.5 Å². The summed E-state index contributed by atoms with van der Waals surface area (Å²) in [5, 5.41) is 16.3. The fourth-order valence-electron chi connectivity index (χ4n) is 1.40. The van der Waals surface area contributed by atoms with Gasteiger partial charge in [0.25, 0.3) is 0 Å². The molecule has 7 nitrogen and oxygen atoms in total. The number of carboxylic acids is 1. The van der Waals surface area contributed by atoms with Gasteiger partial charge in [-0.1, -0.05) is 12.1 Å². The third-order valence-corrected chi connectivity index (χ3v) is 4.50. The largest absolute Gasteiger partial charge is 0.480 e. The molecule has 0 aromatic heterocycles. The van der Waals surface area contributed by atoms with Crippen LogP contribution in [0.2, 0.25) is 0 Å². The Morgan fingerprint density at radius 3 is 2.50 bits per heavy atom. The molecule has 0 saturated carbocycles. The molecule has 1 atom stereocenters. The number of benzene rings is 1. The van der Waals surface area contributed by atoms with Crippen LogP contribution >= 0.6 is 11.8 Å². The number of hydrogen-bond donors (Lipinski definition) is 3. The third kappa shape index (κ3) is 4.83. The Balaban J connectivity index is 2.89. The first-order valence-corrected chi connectivity index (χ1v) is 7.99. The molecular formula is C11H14N2O5S2. The van der Waals surface area contributed by atoms with E-state index in [0.29, 0.717) is 4.90 Å². The number of carbonyl (C=O) groups excluding carboxylic acids is 1. The predicted molar refractivity (Wildman–Crippen MR) is 73.8 cm³/mol. The van der Waals surface area contributed by atoms with E-state index in [1.807, 2.05) is 0 Å². The number of hydrogen-bond acceptors (Lipinski definition) is 5. The lowest BCUT2D eigenvalue weighted by Gasteiger charge is -2.13. The minimum Gasteiger partial charge on any atom is -0.480 e. The minimum absolute atomic E-state index is 0.0125. The fourth-order valence-corrected chi connectivity index (χ4v) is 3.50. The number of sulfonamides is 1. The van der Waals surface area contributed by atoms with Crippen molar-refractivity contribution in [1.29, 1.82) is 0 Å². The van der Waals surface area contributed by atoms with Crippen LogP contribution in [0.4, 0.5) is 0 Å². The van der Waals surface area contributed by atoms with Crippen LogP contribution in [-0.4, -0.2) is 37.2 Å². The number of nitrogens with two attached hydrogens (primary N) is 1. The Bertz CT molecular complexity index is 615. The van der Waals surface area contributed by atoms with Gasteiger partial charge in [-0.15, -0.1) is 11.8 Å². The average Bonchev–Trinajstić information content (AvgIpc) is 2.33. The first kappa shape index (κ1) is 16.5. The van der Waals surface area contributed by atoms with Gasteiger partial charge in [0.1, 0.15) is 6.04 Å². The van der Waals surface area contributed by atoms with Gasteiger partial charge < -0.3 is 10.4 Å². The van der Waals surface area contributed by atoms with E-state index in [1.165, 1.54) is 25.1 Å². The van der Waals surface area contributed by atoms with Crippen LogP contribution in [0, 0.1) is 0 Å². The summed E-state index contributed by atoms with van der Waals surface area (Å²) in [6, 6.07) is 4.89. The SMILES string of the molecule is CC(=O)NC(CSc1ccccc1S(N)(=O)=O)C(=O)O. The number of amides is 1. The molecule has 20 heavy (non-hydrogen) atoms. The zero-order chi connectivity index (χ0) is 15.3. The Labute approximate surface area is 120 Å². The molecule has 4 N–H and O–H groups in total. The van der Waals surface area contributed by atoms with Gasteiger partial charge in [0.05, 0.1) is 4.90 Å². The van der Waals surface area contributed by atoms with Crippen LogP contribution in [0.5, 0.6) is 0 Å². The van der Waals surface area contributed by atoms with Crippen molar-refractivity contribution >= 4 is 33.7 Å². The Kier molecular flexibility index (Phi) is 5.54. The number of carboxylic acid groups (broad SMARTS) is 1. The molecule has 0 heterocycles.